The van der Waals surface area contributed by atoms with Crippen LogP contribution < -0.4 is 5.32 Å². The van der Waals surface area contributed by atoms with Crippen LogP contribution in [-0.2, 0) is 4.79 Å². The highest BCUT2D eigenvalue weighted by atomic mass is 16.2. The van der Waals surface area contributed by atoms with E-state index < -0.39 is 0 Å². The standard InChI is InChI=1S/C18H34N2O/c1-5-8-17-19-16(11-13(2)3)18(21)20(17)12-15-10-7-6-9-14(15)4/h13-17,19H,5-12H2,1-4H3. The van der Waals surface area contributed by atoms with Gasteiger partial charge in [0.05, 0.1) is 12.2 Å². The number of nitrogens with one attached hydrogen (secondary N) is 1. The van der Waals surface area contributed by atoms with Crippen LogP contribution in [0.4, 0.5) is 0 Å². The molecule has 1 aliphatic heterocycles. The first kappa shape index (κ1) is 16.8. The lowest BCUT2D eigenvalue weighted by atomic mass is 9.80. The zero-order valence-corrected chi connectivity index (χ0v) is 14.4. The largest absolute Gasteiger partial charge is 0.326 e. The van der Waals surface area contributed by atoms with E-state index in [4.69, 9.17) is 0 Å². The molecule has 1 N–H and O–H groups in total. The summed E-state index contributed by atoms with van der Waals surface area (Å²) in [4.78, 5) is 15.0. The Kier molecular flexibility index (Phi) is 6.09. The van der Waals surface area contributed by atoms with Crippen molar-refractivity contribution in [1.82, 2.24) is 10.2 Å². The molecule has 1 saturated carbocycles. The van der Waals surface area contributed by atoms with Crippen LogP contribution in [-0.4, -0.2) is 29.6 Å². The Morgan fingerprint density at radius 2 is 2.00 bits per heavy atom. The van der Waals surface area contributed by atoms with Gasteiger partial charge in [-0.1, -0.05) is 53.4 Å². The molecular formula is C18H34N2O. The van der Waals surface area contributed by atoms with Crippen molar-refractivity contribution in [1.29, 1.82) is 0 Å². The van der Waals surface area contributed by atoms with Gasteiger partial charge in [-0.15, -0.1) is 0 Å². The van der Waals surface area contributed by atoms with Crippen LogP contribution in [0.25, 0.3) is 0 Å². The number of hydrogen-bond donors (Lipinski definition) is 1. The average Bonchev–Trinajstić information content (AvgIpc) is 2.70. The van der Waals surface area contributed by atoms with Crippen molar-refractivity contribution in [2.45, 2.75) is 84.8 Å². The Bertz CT molecular complexity index is 342. The van der Waals surface area contributed by atoms with Gasteiger partial charge in [-0.05, 0) is 37.0 Å². The number of carbonyl (C=O) groups is 1. The van der Waals surface area contributed by atoms with E-state index in [9.17, 15) is 4.79 Å². The molecular weight excluding hydrogens is 260 g/mol. The maximum atomic E-state index is 12.8. The predicted octanol–water partition coefficient (Wildman–Crippen LogP) is 3.79. The smallest absolute Gasteiger partial charge is 0.241 e. The van der Waals surface area contributed by atoms with Crippen molar-refractivity contribution in [3.63, 3.8) is 0 Å². The highest BCUT2D eigenvalue weighted by molar-refractivity contribution is 5.84. The predicted molar refractivity (Wildman–Crippen MR) is 87.9 cm³/mol. The van der Waals surface area contributed by atoms with Gasteiger partial charge in [-0.3, -0.25) is 10.1 Å². The van der Waals surface area contributed by atoms with E-state index in [1.165, 1.54) is 25.7 Å². The summed E-state index contributed by atoms with van der Waals surface area (Å²) in [5, 5.41) is 3.60. The van der Waals surface area contributed by atoms with Crippen LogP contribution in [0.5, 0.6) is 0 Å². The fraction of sp³-hybridized carbons (Fsp3) is 0.944. The van der Waals surface area contributed by atoms with Gasteiger partial charge in [0.1, 0.15) is 0 Å². The number of amides is 1. The van der Waals surface area contributed by atoms with E-state index in [1.807, 2.05) is 0 Å². The van der Waals surface area contributed by atoms with Crippen molar-refractivity contribution in [2.75, 3.05) is 6.54 Å². The van der Waals surface area contributed by atoms with Gasteiger partial charge in [0.15, 0.2) is 0 Å². The van der Waals surface area contributed by atoms with Gasteiger partial charge >= 0.3 is 0 Å². The van der Waals surface area contributed by atoms with Crippen LogP contribution in [0, 0.1) is 17.8 Å². The van der Waals surface area contributed by atoms with E-state index >= 15 is 0 Å². The van der Waals surface area contributed by atoms with Crippen molar-refractivity contribution in [3.05, 3.63) is 0 Å². The topological polar surface area (TPSA) is 32.3 Å². The summed E-state index contributed by atoms with van der Waals surface area (Å²) in [7, 11) is 0. The molecule has 21 heavy (non-hydrogen) atoms. The number of hydrogen-bond acceptors (Lipinski definition) is 2. The van der Waals surface area contributed by atoms with Crippen LogP contribution in [0.2, 0.25) is 0 Å². The minimum absolute atomic E-state index is 0.0560. The van der Waals surface area contributed by atoms with E-state index in [0.29, 0.717) is 17.7 Å². The molecule has 1 heterocycles. The lowest BCUT2D eigenvalue weighted by Gasteiger charge is -2.34. The first-order chi connectivity index (χ1) is 10.0. The quantitative estimate of drug-likeness (QED) is 0.808. The molecule has 0 radical (unpaired) electrons. The molecule has 0 bridgehead atoms. The van der Waals surface area contributed by atoms with Crippen LogP contribution in [0.15, 0.2) is 0 Å². The monoisotopic (exact) mass is 294 g/mol. The highest BCUT2D eigenvalue weighted by Gasteiger charge is 2.39. The molecule has 3 heteroatoms. The summed E-state index contributed by atoms with van der Waals surface area (Å²) >= 11 is 0. The summed E-state index contributed by atoms with van der Waals surface area (Å²) in [6.45, 7) is 9.97. The second-order valence-corrected chi connectivity index (χ2v) is 7.67. The molecule has 122 valence electrons. The van der Waals surface area contributed by atoms with E-state index in [0.717, 1.165) is 31.7 Å². The zero-order valence-electron chi connectivity index (χ0n) is 14.4. The molecule has 0 aromatic carbocycles. The first-order valence-corrected chi connectivity index (χ1v) is 9.09. The molecule has 2 fully saturated rings. The second kappa shape index (κ2) is 7.62. The number of carbonyl (C=O) groups excluding carboxylic acids is 1. The molecule has 0 aromatic rings. The molecule has 0 spiro atoms. The minimum Gasteiger partial charge on any atom is -0.326 e. The molecule has 3 nitrogen and oxygen atoms in total. The number of rotatable bonds is 6. The fourth-order valence-corrected chi connectivity index (χ4v) is 4.03. The third-order valence-electron chi connectivity index (χ3n) is 5.34. The number of nitrogens with zero attached hydrogens (tertiary/aromatic N) is 1. The van der Waals surface area contributed by atoms with Gasteiger partial charge in [0, 0.05) is 6.54 Å². The highest BCUT2D eigenvalue weighted by Crippen LogP contribution is 2.32. The molecule has 1 aliphatic carbocycles. The average molecular weight is 294 g/mol. The van der Waals surface area contributed by atoms with Gasteiger partial charge < -0.3 is 4.90 Å². The first-order valence-electron chi connectivity index (χ1n) is 9.09. The SMILES string of the molecule is CCCC1NC(CC(C)C)C(=O)N1CC1CCCCC1C. The summed E-state index contributed by atoms with van der Waals surface area (Å²) in [6, 6.07) is 0.0560. The van der Waals surface area contributed by atoms with E-state index in [1.54, 1.807) is 0 Å². The van der Waals surface area contributed by atoms with Crippen molar-refractivity contribution in [2.24, 2.45) is 17.8 Å². The minimum atomic E-state index is 0.0560. The van der Waals surface area contributed by atoms with Gasteiger partial charge in [-0.25, -0.2) is 0 Å². The van der Waals surface area contributed by atoms with Crippen molar-refractivity contribution < 1.29 is 4.79 Å². The van der Waals surface area contributed by atoms with Crippen LogP contribution in [0.1, 0.15) is 72.6 Å². The molecule has 4 atom stereocenters. The van der Waals surface area contributed by atoms with Crippen LogP contribution >= 0.6 is 0 Å². The van der Waals surface area contributed by atoms with Crippen LogP contribution in [0.3, 0.4) is 0 Å². The molecule has 1 saturated heterocycles. The molecule has 1 amide bonds. The van der Waals surface area contributed by atoms with Crippen molar-refractivity contribution >= 4 is 5.91 Å². The summed E-state index contributed by atoms with van der Waals surface area (Å²) in [6.07, 6.45) is 8.83. The second-order valence-electron chi connectivity index (χ2n) is 7.67. The van der Waals surface area contributed by atoms with Gasteiger partial charge in [0.25, 0.3) is 0 Å². The summed E-state index contributed by atoms with van der Waals surface area (Å²) < 4.78 is 0. The Morgan fingerprint density at radius 1 is 1.29 bits per heavy atom. The summed E-state index contributed by atoms with van der Waals surface area (Å²) in [5.74, 6) is 2.42. The maximum Gasteiger partial charge on any atom is 0.241 e. The Hall–Kier alpha value is -0.570. The Labute approximate surface area is 130 Å². The fourth-order valence-electron chi connectivity index (χ4n) is 4.03. The Balaban J connectivity index is 2.01. The maximum absolute atomic E-state index is 12.8. The normalized spacial score (nSPS) is 34.0. The lowest BCUT2D eigenvalue weighted by molar-refractivity contribution is -0.131. The van der Waals surface area contributed by atoms with E-state index in [-0.39, 0.29) is 12.2 Å². The third-order valence-corrected chi connectivity index (χ3v) is 5.34. The van der Waals surface area contributed by atoms with Gasteiger partial charge in [-0.2, -0.15) is 0 Å². The summed E-state index contributed by atoms with van der Waals surface area (Å²) in [5.41, 5.74) is 0. The lowest BCUT2D eigenvalue weighted by Crippen LogP contribution is -2.42. The van der Waals surface area contributed by atoms with Crippen molar-refractivity contribution in [3.8, 4) is 0 Å². The Morgan fingerprint density at radius 3 is 2.62 bits per heavy atom. The van der Waals surface area contributed by atoms with E-state index in [2.05, 4.69) is 37.9 Å². The third kappa shape index (κ3) is 4.21. The zero-order chi connectivity index (χ0) is 15.4. The van der Waals surface area contributed by atoms with Gasteiger partial charge in [0.2, 0.25) is 5.91 Å². The molecule has 2 aliphatic rings. The molecule has 2 rings (SSSR count). The molecule has 4 unspecified atom stereocenters. The molecule has 0 aromatic heterocycles.